The van der Waals surface area contributed by atoms with Crippen LogP contribution in [-0.4, -0.2) is 48.9 Å². The van der Waals surface area contributed by atoms with E-state index in [1.807, 2.05) is 21.0 Å². The second kappa shape index (κ2) is 9.31. The molecule has 0 atom stereocenters. The van der Waals surface area contributed by atoms with Crippen molar-refractivity contribution >= 4 is 29.1 Å². The van der Waals surface area contributed by atoms with Gasteiger partial charge in [-0.25, -0.2) is 0 Å². The van der Waals surface area contributed by atoms with E-state index in [1.54, 1.807) is 24.3 Å². The maximum absolute atomic E-state index is 12.4. The standard InChI is InChI=1S/C19H23ClN4O2/c1-13-15(20)6-4-7-16(13)23-19(26)17-12-14(8-10-21-17)18(25)22-9-5-11-24(2)3/h4,6-8,10,12H,5,9,11H2,1-3H3,(H,22,25)(H,23,26). The van der Waals surface area contributed by atoms with Gasteiger partial charge in [-0.15, -0.1) is 0 Å². The molecule has 2 aromatic rings. The molecular formula is C19H23ClN4O2. The molecule has 0 unspecified atom stereocenters. The highest BCUT2D eigenvalue weighted by Crippen LogP contribution is 2.23. The Morgan fingerprint density at radius 1 is 1.19 bits per heavy atom. The Kier molecular flexibility index (Phi) is 7.12. The van der Waals surface area contributed by atoms with Crippen LogP contribution in [0, 0.1) is 6.92 Å². The number of halogens is 1. The van der Waals surface area contributed by atoms with Crippen LogP contribution in [-0.2, 0) is 0 Å². The Hall–Kier alpha value is -2.44. The van der Waals surface area contributed by atoms with Crippen LogP contribution in [0.1, 0.15) is 32.8 Å². The highest BCUT2D eigenvalue weighted by atomic mass is 35.5. The number of nitrogens with one attached hydrogen (secondary N) is 2. The smallest absolute Gasteiger partial charge is 0.274 e. The van der Waals surface area contributed by atoms with Crippen LogP contribution in [0.4, 0.5) is 5.69 Å². The molecule has 0 bridgehead atoms. The fourth-order valence-corrected chi connectivity index (χ4v) is 2.50. The Bertz CT molecular complexity index is 793. The van der Waals surface area contributed by atoms with Crippen molar-refractivity contribution in [3.8, 4) is 0 Å². The number of benzene rings is 1. The maximum Gasteiger partial charge on any atom is 0.274 e. The largest absolute Gasteiger partial charge is 0.352 e. The van der Waals surface area contributed by atoms with E-state index in [0.717, 1.165) is 18.5 Å². The molecule has 2 N–H and O–H groups in total. The number of carbonyl (C=O) groups excluding carboxylic acids is 2. The summed E-state index contributed by atoms with van der Waals surface area (Å²) in [5.74, 6) is -0.614. The molecule has 0 radical (unpaired) electrons. The number of amides is 2. The second-order valence-electron chi connectivity index (χ2n) is 6.21. The number of hydrogen-bond acceptors (Lipinski definition) is 4. The van der Waals surface area contributed by atoms with Crippen molar-refractivity contribution in [2.45, 2.75) is 13.3 Å². The quantitative estimate of drug-likeness (QED) is 0.731. The molecule has 0 aliphatic heterocycles. The predicted molar refractivity (Wildman–Crippen MR) is 104 cm³/mol. The molecule has 2 amide bonds. The van der Waals surface area contributed by atoms with E-state index >= 15 is 0 Å². The minimum absolute atomic E-state index is 0.172. The van der Waals surface area contributed by atoms with Gasteiger partial charge in [-0.05, 0) is 63.8 Å². The van der Waals surface area contributed by atoms with Gasteiger partial charge in [0.15, 0.2) is 0 Å². The molecule has 0 saturated heterocycles. The highest BCUT2D eigenvalue weighted by Gasteiger charge is 2.13. The van der Waals surface area contributed by atoms with Crippen molar-refractivity contribution in [2.24, 2.45) is 0 Å². The van der Waals surface area contributed by atoms with Gasteiger partial charge >= 0.3 is 0 Å². The normalized spacial score (nSPS) is 10.7. The van der Waals surface area contributed by atoms with Crippen molar-refractivity contribution in [1.82, 2.24) is 15.2 Å². The van der Waals surface area contributed by atoms with Gasteiger partial charge in [-0.1, -0.05) is 17.7 Å². The van der Waals surface area contributed by atoms with Crippen LogP contribution < -0.4 is 10.6 Å². The van der Waals surface area contributed by atoms with E-state index in [9.17, 15) is 9.59 Å². The molecule has 7 heteroatoms. The van der Waals surface area contributed by atoms with Gasteiger partial charge in [0, 0.05) is 29.0 Å². The monoisotopic (exact) mass is 374 g/mol. The van der Waals surface area contributed by atoms with Crippen molar-refractivity contribution < 1.29 is 9.59 Å². The lowest BCUT2D eigenvalue weighted by Crippen LogP contribution is -2.27. The minimum atomic E-state index is -0.391. The van der Waals surface area contributed by atoms with Crippen LogP contribution in [0.2, 0.25) is 5.02 Å². The third kappa shape index (κ3) is 5.54. The lowest BCUT2D eigenvalue weighted by molar-refractivity contribution is 0.0952. The predicted octanol–water partition coefficient (Wildman–Crippen LogP) is 2.98. The average molecular weight is 375 g/mol. The van der Waals surface area contributed by atoms with Gasteiger partial charge in [-0.3, -0.25) is 14.6 Å². The molecule has 0 fully saturated rings. The summed E-state index contributed by atoms with van der Waals surface area (Å²) in [6.07, 6.45) is 2.31. The first-order valence-electron chi connectivity index (χ1n) is 8.34. The molecule has 0 aliphatic carbocycles. The summed E-state index contributed by atoms with van der Waals surface area (Å²) in [7, 11) is 3.97. The van der Waals surface area contributed by atoms with E-state index < -0.39 is 5.91 Å². The molecule has 6 nitrogen and oxygen atoms in total. The lowest BCUT2D eigenvalue weighted by atomic mass is 10.1. The molecule has 1 aromatic carbocycles. The summed E-state index contributed by atoms with van der Waals surface area (Å²) < 4.78 is 0. The van der Waals surface area contributed by atoms with Crippen molar-refractivity contribution in [3.05, 3.63) is 58.4 Å². The third-order valence-corrected chi connectivity index (χ3v) is 4.25. The fraction of sp³-hybridized carbons (Fsp3) is 0.316. The zero-order chi connectivity index (χ0) is 19.1. The number of nitrogens with zero attached hydrogens (tertiary/aromatic N) is 2. The van der Waals surface area contributed by atoms with Gasteiger partial charge in [-0.2, -0.15) is 0 Å². The van der Waals surface area contributed by atoms with Crippen molar-refractivity contribution in [3.63, 3.8) is 0 Å². The molecular weight excluding hydrogens is 352 g/mol. The molecule has 0 saturated carbocycles. The molecule has 2 rings (SSSR count). The van der Waals surface area contributed by atoms with E-state index in [2.05, 4.69) is 20.5 Å². The number of rotatable bonds is 7. The maximum atomic E-state index is 12.4. The number of aromatic nitrogens is 1. The van der Waals surface area contributed by atoms with Gasteiger partial charge in [0.05, 0.1) is 0 Å². The molecule has 138 valence electrons. The summed E-state index contributed by atoms with van der Waals surface area (Å²) in [4.78, 5) is 30.8. The van der Waals surface area contributed by atoms with Crippen LogP contribution in [0.5, 0.6) is 0 Å². The molecule has 26 heavy (non-hydrogen) atoms. The third-order valence-electron chi connectivity index (χ3n) is 3.84. The van der Waals surface area contributed by atoms with Crippen molar-refractivity contribution in [1.29, 1.82) is 0 Å². The van der Waals surface area contributed by atoms with E-state index in [4.69, 9.17) is 11.6 Å². The Labute approximate surface area is 158 Å². The van der Waals surface area contributed by atoms with Crippen LogP contribution in [0.3, 0.4) is 0 Å². The lowest BCUT2D eigenvalue weighted by Gasteiger charge is -2.11. The van der Waals surface area contributed by atoms with E-state index in [1.165, 1.54) is 12.3 Å². The average Bonchev–Trinajstić information content (AvgIpc) is 2.62. The number of carbonyl (C=O) groups is 2. The van der Waals surface area contributed by atoms with Crippen LogP contribution >= 0.6 is 11.6 Å². The zero-order valence-electron chi connectivity index (χ0n) is 15.2. The van der Waals surface area contributed by atoms with Gasteiger partial charge in [0.25, 0.3) is 11.8 Å². The van der Waals surface area contributed by atoms with Crippen LogP contribution in [0.25, 0.3) is 0 Å². The Morgan fingerprint density at radius 3 is 2.69 bits per heavy atom. The van der Waals surface area contributed by atoms with E-state index in [-0.39, 0.29) is 11.6 Å². The van der Waals surface area contributed by atoms with Crippen LogP contribution in [0.15, 0.2) is 36.5 Å². The van der Waals surface area contributed by atoms with E-state index in [0.29, 0.717) is 22.8 Å². The fourth-order valence-electron chi connectivity index (χ4n) is 2.32. The second-order valence-corrected chi connectivity index (χ2v) is 6.62. The summed E-state index contributed by atoms with van der Waals surface area (Å²) in [6, 6.07) is 8.35. The summed E-state index contributed by atoms with van der Waals surface area (Å²) in [5, 5.41) is 6.19. The molecule has 1 heterocycles. The molecule has 0 spiro atoms. The van der Waals surface area contributed by atoms with Crippen molar-refractivity contribution in [2.75, 3.05) is 32.5 Å². The molecule has 0 aliphatic rings. The summed E-state index contributed by atoms with van der Waals surface area (Å²) in [5.41, 5.74) is 1.96. The summed E-state index contributed by atoms with van der Waals surface area (Å²) >= 11 is 6.07. The minimum Gasteiger partial charge on any atom is -0.352 e. The zero-order valence-corrected chi connectivity index (χ0v) is 15.9. The number of pyridine rings is 1. The van der Waals surface area contributed by atoms with Gasteiger partial charge in [0.1, 0.15) is 5.69 Å². The first-order valence-corrected chi connectivity index (χ1v) is 8.71. The van der Waals surface area contributed by atoms with Gasteiger partial charge in [0.2, 0.25) is 0 Å². The Balaban J connectivity index is 2.02. The first-order chi connectivity index (χ1) is 12.4. The summed E-state index contributed by atoms with van der Waals surface area (Å²) in [6.45, 7) is 3.29. The van der Waals surface area contributed by atoms with Gasteiger partial charge < -0.3 is 15.5 Å². The molecule has 1 aromatic heterocycles. The Morgan fingerprint density at radius 2 is 1.96 bits per heavy atom. The number of anilines is 1. The SMILES string of the molecule is Cc1c(Cl)cccc1NC(=O)c1cc(C(=O)NCCCN(C)C)ccn1. The first kappa shape index (κ1) is 19.9. The highest BCUT2D eigenvalue weighted by molar-refractivity contribution is 6.31. The topological polar surface area (TPSA) is 74.3 Å². The number of hydrogen-bond donors (Lipinski definition) is 2.